The Bertz CT molecular complexity index is 1210. The minimum atomic E-state index is -3.30. The summed E-state index contributed by atoms with van der Waals surface area (Å²) in [6, 6.07) is 15.3. The summed E-state index contributed by atoms with van der Waals surface area (Å²) >= 11 is 1.29. The highest BCUT2D eigenvalue weighted by Crippen LogP contribution is 2.30. The van der Waals surface area contributed by atoms with E-state index in [9.17, 15) is 13.2 Å². The number of nitrogens with one attached hydrogen (secondary N) is 1. The van der Waals surface area contributed by atoms with Crippen molar-refractivity contribution in [2.45, 2.75) is 4.90 Å². The summed E-state index contributed by atoms with van der Waals surface area (Å²) in [4.78, 5) is 16.9. The average Bonchev–Trinajstić information content (AvgIpc) is 3.27. The van der Waals surface area contributed by atoms with Gasteiger partial charge in [0.2, 0.25) is 0 Å². The van der Waals surface area contributed by atoms with Crippen molar-refractivity contribution < 1.29 is 17.6 Å². The molecule has 6 nitrogen and oxygen atoms in total. The number of anilines is 1. The van der Waals surface area contributed by atoms with E-state index in [1.165, 1.54) is 35.6 Å². The summed E-state index contributed by atoms with van der Waals surface area (Å²) in [5, 5.41) is 5.94. The summed E-state index contributed by atoms with van der Waals surface area (Å²) in [6.07, 6.45) is 1.12. The maximum atomic E-state index is 12.3. The summed E-state index contributed by atoms with van der Waals surface area (Å²) in [5.74, 6) is 0.269. The van der Waals surface area contributed by atoms with E-state index >= 15 is 0 Å². The van der Waals surface area contributed by atoms with E-state index in [2.05, 4.69) is 10.3 Å². The monoisotopic (exact) mass is 398 g/mol. The number of carbonyl (C=O) groups excluding carboxylic acids is 1. The second-order valence-corrected chi connectivity index (χ2v) is 8.81. The normalized spacial score (nSPS) is 11.6. The molecule has 0 bridgehead atoms. The van der Waals surface area contributed by atoms with Gasteiger partial charge < -0.3 is 4.42 Å². The van der Waals surface area contributed by atoms with Gasteiger partial charge in [-0.15, -0.1) is 11.3 Å². The van der Waals surface area contributed by atoms with Crippen molar-refractivity contribution >= 4 is 43.2 Å². The van der Waals surface area contributed by atoms with Gasteiger partial charge >= 0.3 is 0 Å². The van der Waals surface area contributed by atoms with Crippen LogP contribution in [-0.4, -0.2) is 25.6 Å². The van der Waals surface area contributed by atoms with Crippen molar-refractivity contribution in [1.29, 1.82) is 0 Å². The number of nitrogens with zero attached hydrogens (tertiary/aromatic N) is 1. The van der Waals surface area contributed by atoms with E-state index in [4.69, 9.17) is 4.42 Å². The van der Waals surface area contributed by atoms with E-state index < -0.39 is 9.84 Å². The van der Waals surface area contributed by atoms with Crippen molar-refractivity contribution in [3.05, 3.63) is 65.5 Å². The van der Waals surface area contributed by atoms with Crippen LogP contribution in [0, 0.1) is 0 Å². The van der Waals surface area contributed by atoms with Gasteiger partial charge in [-0.3, -0.25) is 10.1 Å². The third-order valence-electron chi connectivity index (χ3n) is 3.95. The Morgan fingerprint density at radius 2 is 1.85 bits per heavy atom. The maximum Gasteiger partial charge on any atom is 0.257 e. The fourth-order valence-electron chi connectivity index (χ4n) is 2.58. The molecule has 8 heteroatoms. The van der Waals surface area contributed by atoms with E-state index in [-0.39, 0.29) is 10.8 Å². The van der Waals surface area contributed by atoms with Gasteiger partial charge in [0.15, 0.2) is 20.7 Å². The Labute approximate surface area is 159 Å². The largest absolute Gasteiger partial charge is 0.454 e. The molecule has 0 aliphatic heterocycles. The molecule has 4 aromatic rings. The number of para-hydroxylation sites is 1. The lowest BCUT2D eigenvalue weighted by molar-refractivity contribution is 0.102. The van der Waals surface area contributed by atoms with Crippen LogP contribution in [0.4, 0.5) is 5.13 Å². The first kappa shape index (κ1) is 17.4. The molecule has 0 fully saturated rings. The summed E-state index contributed by atoms with van der Waals surface area (Å²) in [7, 11) is -3.30. The first-order valence-electron chi connectivity index (χ1n) is 7.96. The molecule has 0 spiro atoms. The van der Waals surface area contributed by atoms with E-state index in [1.807, 2.05) is 30.3 Å². The maximum absolute atomic E-state index is 12.3. The number of hydrogen-bond donors (Lipinski definition) is 1. The van der Waals surface area contributed by atoms with E-state index in [0.29, 0.717) is 22.1 Å². The SMILES string of the molecule is CS(=O)(=O)c1ccc(C(=O)Nc2nc(-c3cc4ccccc4o3)cs2)cc1. The molecule has 0 radical (unpaired) electrons. The fourth-order valence-corrected chi connectivity index (χ4v) is 3.90. The average molecular weight is 398 g/mol. The Hall–Kier alpha value is -2.97. The van der Waals surface area contributed by atoms with Crippen LogP contribution < -0.4 is 5.32 Å². The number of furan rings is 1. The molecular formula is C19H14N2O4S2. The predicted octanol–water partition coefficient (Wildman–Crippen LogP) is 4.21. The Balaban J connectivity index is 1.52. The topological polar surface area (TPSA) is 89.3 Å². The third kappa shape index (κ3) is 3.62. The van der Waals surface area contributed by atoms with Crippen LogP contribution in [0.5, 0.6) is 0 Å². The molecule has 0 atom stereocenters. The minimum Gasteiger partial charge on any atom is -0.454 e. The van der Waals surface area contributed by atoms with Crippen LogP contribution in [0.3, 0.4) is 0 Å². The van der Waals surface area contributed by atoms with Crippen LogP contribution in [0.25, 0.3) is 22.4 Å². The zero-order valence-corrected chi connectivity index (χ0v) is 15.8. The quantitative estimate of drug-likeness (QED) is 0.556. The van der Waals surface area contributed by atoms with Gasteiger partial charge in [-0.05, 0) is 36.4 Å². The molecule has 1 amide bonds. The number of carbonyl (C=O) groups is 1. The van der Waals surface area contributed by atoms with Crippen molar-refractivity contribution in [3.8, 4) is 11.5 Å². The van der Waals surface area contributed by atoms with Crippen molar-refractivity contribution in [2.24, 2.45) is 0 Å². The summed E-state index contributed by atoms with van der Waals surface area (Å²) in [5.41, 5.74) is 1.76. The molecule has 0 aliphatic rings. The van der Waals surface area contributed by atoms with Crippen LogP contribution in [0.2, 0.25) is 0 Å². The smallest absolute Gasteiger partial charge is 0.257 e. The Morgan fingerprint density at radius 1 is 1.11 bits per heavy atom. The highest BCUT2D eigenvalue weighted by atomic mass is 32.2. The number of amides is 1. The first-order valence-corrected chi connectivity index (χ1v) is 10.7. The molecule has 0 saturated carbocycles. The number of fused-ring (bicyclic) bond motifs is 1. The second kappa shape index (κ2) is 6.64. The lowest BCUT2D eigenvalue weighted by atomic mass is 10.2. The van der Waals surface area contributed by atoms with Crippen LogP contribution in [0.15, 0.2) is 69.3 Å². The minimum absolute atomic E-state index is 0.167. The number of aromatic nitrogens is 1. The first-order chi connectivity index (χ1) is 12.9. The molecule has 0 aliphatic carbocycles. The number of benzene rings is 2. The van der Waals surface area contributed by atoms with Gasteiger partial charge in [-0.25, -0.2) is 13.4 Å². The molecule has 27 heavy (non-hydrogen) atoms. The van der Waals surface area contributed by atoms with Gasteiger partial charge in [-0.2, -0.15) is 0 Å². The highest BCUT2D eigenvalue weighted by molar-refractivity contribution is 7.90. The summed E-state index contributed by atoms with van der Waals surface area (Å²) < 4.78 is 28.8. The van der Waals surface area contributed by atoms with Crippen LogP contribution in [0.1, 0.15) is 10.4 Å². The van der Waals surface area contributed by atoms with Crippen molar-refractivity contribution in [1.82, 2.24) is 4.98 Å². The van der Waals surface area contributed by atoms with Crippen molar-refractivity contribution in [3.63, 3.8) is 0 Å². The fraction of sp³-hybridized carbons (Fsp3) is 0.0526. The molecule has 2 aromatic heterocycles. The highest BCUT2D eigenvalue weighted by Gasteiger charge is 2.14. The third-order valence-corrected chi connectivity index (χ3v) is 5.83. The molecule has 136 valence electrons. The molecular weight excluding hydrogens is 384 g/mol. The standard InChI is InChI=1S/C19H14N2O4S2/c1-27(23,24)14-8-6-12(7-9-14)18(22)21-19-20-15(11-26-19)17-10-13-4-2-3-5-16(13)25-17/h2-11H,1H3,(H,20,21,22). The molecule has 2 aromatic carbocycles. The van der Waals surface area contributed by atoms with Crippen LogP contribution in [-0.2, 0) is 9.84 Å². The second-order valence-electron chi connectivity index (χ2n) is 5.94. The number of thiazole rings is 1. The predicted molar refractivity (Wildman–Crippen MR) is 105 cm³/mol. The van der Waals surface area contributed by atoms with E-state index in [0.717, 1.165) is 17.2 Å². The Morgan fingerprint density at radius 3 is 2.56 bits per heavy atom. The molecule has 2 heterocycles. The summed E-state index contributed by atoms with van der Waals surface area (Å²) in [6.45, 7) is 0. The number of rotatable bonds is 4. The van der Waals surface area contributed by atoms with Gasteiger partial charge in [0, 0.05) is 22.6 Å². The lowest BCUT2D eigenvalue weighted by Crippen LogP contribution is -2.11. The zero-order chi connectivity index (χ0) is 19.0. The van der Waals surface area contributed by atoms with Gasteiger partial charge in [0.05, 0.1) is 4.90 Å². The molecule has 1 N–H and O–H groups in total. The van der Waals surface area contributed by atoms with E-state index in [1.54, 1.807) is 5.38 Å². The molecule has 0 saturated heterocycles. The van der Waals surface area contributed by atoms with Gasteiger partial charge in [0.1, 0.15) is 11.3 Å². The van der Waals surface area contributed by atoms with Crippen molar-refractivity contribution in [2.75, 3.05) is 11.6 Å². The van der Waals surface area contributed by atoms with Crippen LogP contribution >= 0.6 is 11.3 Å². The zero-order valence-electron chi connectivity index (χ0n) is 14.2. The Kier molecular flexibility index (Phi) is 4.29. The van der Waals surface area contributed by atoms with Gasteiger partial charge in [-0.1, -0.05) is 18.2 Å². The molecule has 0 unspecified atom stereocenters. The van der Waals surface area contributed by atoms with Gasteiger partial charge in [0.25, 0.3) is 5.91 Å². The lowest BCUT2D eigenvalue weighted by Gasteiger charge is -2.03. The number of sulfone groups is 1. The molecule has 4 rings (SSSR count). The number of hydrogen-bond acceptors (Lipinski definition) is 6.